The van der Waals surface area contributed by atoms with E-state index in [1.165, 1.54) is 0 Å². The zero-order chi connectivity index (χ0) is 11.1. The van der Waals surface area contributed by atoms with Crippen LogP contribution in [0.2, 0.25) is 0 Å². The molecule has 0 atom stereocenters. The van der Waals surface area contributed by atoms with Crippen molar-refractivity contribution in [3.8, 4) is 0 Å². The maximum Gasteiger partial charge on any atom is 0.358 e. The van der Waals surface area contributed by atoms with Crippen molar-refractivity contribution in [2.45, 2.75) is 33.7 Å². The van der Waals surface area contributed by atoms with Gasteiger partial charge < -0.3 is 4.74 Å². The number of fused-ring (bicyclic) bond motifs is 1. The molecule has 0 saturated heterocycles. The Bertz CT molecular complexity index is 368. The van der Waals surface area contributed by atoms with Crippen molar-refractivity contribution in [2.75, 3.05) is 6.61 Å². The molecular formula is C11H16N2O2. The molecule has 1 aromatic heterocycles. The summed E-state index contributed by atoms with van der Waals surface area (Å²) in [5, 5.41) is 4.25. The minimum Gasteiger partial charge on any atom is -0.461 e. The van der Waals surface area contributed by atoms with E-state index >= 15 is 0 Å². The highest BCUT2D eigenvalue weighted by molar-refractivity contribution is 5.87. The van der Waals surface area contributed by atoms with Crippen molar-refractivity contribution < 1.29 is 9.53 Å². The number of nitrogens with zero attached hydrogens (tertiary/aromatic N) is 2. The number of esters is 1. The maximum absolute atomic E-state index is 11.4. The lowest BCUT2D eigenvalue weighted by Crippen LogP contribution is -2.14. The summed E-state index contributed by atoms with van der Waals surface area (Å²) < 4.78 is 6.81. The van der Waals surface area contributed by atoms with E-state index in [1.54, 1.807) is 6.92 Å². The summed E-state index contributed by atoms with van der Waals surface area (Å²) >= 11 is 0. The molecule has 1 aliphatic heterocycles. The minimum absolute atomic E-state index is 0.259. The first-order valence-electron chi connectivity index (χ1n) is 5.26. The van der Waals surface area contributed by atoms with E-state index in [0.29, 0.717) is 12.3 Å². The quantitative estimate of drug-likeness (QED) is 0.694. The van der Waals surface area contributed by atoms with Gasteiger partial charge in [0.2, 0.25) is 0 Å². The first-order chi connectivity index (χ1) is 7.02. The second-order valence-electron chi connectivity index (χ2n) is 4.74. The van der Waals surface area contributed by atoms with Crippen molar-refractivity contribution in [3.63, 3.8) is 0 Å². The van der Waals surface area contributed by atoms with Gasteiger partial charge in [-0.15, -0.1) is 0 Å². The van der Waals surface area contributed by atoms with Gasteiger partial charge in [-0.05, 0) is 24.8 Å². The van der Waals surface area contributed by atoms with Crippen LogP contribution in [0.3, 0.4) is 0 Å². The highest BCUT2D eigenvalue weighted by atomic mass is 16.5. The molecular weight excluding hydrogens is 192 g/mol. The van der Waals surface area contributed by atoms with Gasteiger partial charge in [-0.2, -0.15) is 5.10 Å². The van der Waals surface area contributed by atoms with Crippen LogP contribution in [0.4, 0.5) is 0 Å². The lowest BCUT2D eigenvalue weighted by atomic mass is 9.91. The summed E-state index contributed by atoms with van der Waals surface area (Å²) in [6.45, 7) is 7.47. The van der Waals surface area contributed by atoms with Crippen LogP contribution in [0.25, 0.3) is 0 Å². The molecule has 0 N–H and O–H groups in total. The summed E-state index contributed by atoms with van der Waals surface area (Å²) in [6.07, 6.45) is 0.972. The van der Waals surface area contributed by atoms with Crippen LogP contribution in [0, 0.1) is 5.41 Å². The Balaban J connectivity index is 2.18. The predicted molar refractivity (Wildman–Crippen MR) is 55.7 cm³/mol. The SMILES string of the molecule is CCOC(=O)c1cc2n(n1)CC(C)(C)C2. The van der Waals surface area contributed by atoms with Gasteiger partial charge >= 0.3 is 5.97 Å². The van der Waals surface area contributed by atoms with E-state index < -0.39 is 0 Å². The zero-order valence-electron chi connectivity index (χ0n) is 9.41. The van der Waals surface area contributed by atoms with Crippen molar-refractivity contribution in [3.05, 3.63) is 17.5 Å². The van der Waals surface area contributed by atoms with Crippen molar-refractivity contribution in [2.24, 2.45) is 5.41 Å². The molecule has 2 heterocycles. The van der Waals surface area contributed by atoms with E-state index in [2.05, 4.69) is 18.9 Å². The molecule has 0 fully saturated rings. The average Bonchev–Trinajstić information content (AvgIpc) is 2.57. The van der Waals surface area contributed by atoms with Crippen LogP contribution >= 0.6 is 0 Å². The Morgan fingerprint density at radius 2 is 2.40 bits per heavy atom. The topological polar surface area (TPSA) is 44.1 Å². The van der Waals surface area contributed by atoms with Gasteiger partial charge in [0.1, 0.15) is 0 Å². The maximum atomic E-state index is 11.4. The average molecular weight is 208 g/mol. The number of hydrogen-bond acceptors (Lipinski definition) is 3. The van der Waals surface area contributed by atoms with E-state index in [1.807, 2.05) is 10.7 Å². The number of carbonyl (C=O) groups is 1. The molecule has 0 aliphatic carbocycles. The Morgan fingerprint density at radius 3 is 3.00 bits per heavy atom. The van der Waals surface area contributed by atoms with Gasteiger partial charge in [0.05, 0.1) is 6.61 Å². The number of hydrogen-bond donors (Lipinski definition) is 0. The Morgan fingerprint density at radius 1 is 1.67 bits per heavy atom. The molecule has 0 amide bonds. The molecule has 82 valence electrons. The summed E-state index contributed by atoms with van der Waals surface area (Å²) in [5.74, 6) is -0.322. The van der Waals surface area contributed by atoms with Crippen LogP contribution in [-0.4, -0.2) is 22.4 Å². The second-order valence-corrected chi connectivity index (χ2v) is 4.74. The number of carbonyl (C=O) groups excluding carboxylic acids is 1. The standard InChI is InChI=1S/C11H16N2O2/c1-4-15-10(14)9-5-8-6-11(2,3)7-13(8)12-9/h5H,4,6-7H2,1-3H3. The third-order valence-corrected chi connectivity index (χ3v) is 2.59. The van der Waals surface area contributed by atoms with E-state index in [4.69, 9.17) is 4.74 Å². The second kappa shape index (κ2) is 3.36. The van der Waals surface area contributed by atoms with Crippen LogP contribution < -0.4 is 0 Å². The monoisotopic (exact) mass is 208 g/mol. The molecule has 1 aromatic rings. The molecule has 15 heavy (non-hydrogen) atoms. The predicted octanol–water partition coefficient (Wildman–Crippen LogP) is 1.64. The van der Waals surface area contributed by atoms with Gasteiger partial charge in [0.25, 0.3) is 0 Å². The third kappa shape index (κ3) is 1.89. The molecule has 0 radical (unpaired) electrons. The van der Waals surface area contributed by atoms with Gasteiger partial charge in [-0.25, -0.2) is 4.79 Å². The molecule has 2 rings (SSSR count). The Labute approximate surface area is 89.2 Å². The van der Waals surface area contributed by atoms with Crippen molar-refractivity contribution in [1.82, 2.24) is 9.78 Å². The van der Waals surface area contributed by atoms with E-state index in [-0.39, 0.29) is 11.4 Å². The lowest BCUT2D eigenvalue weighted by molar-refractivity contribution is 0.0518. The van der Waals surface area contributed by atoms with E-state index in [0.717, 1.165) is 18.7 Å². The third-order valence-electron chi connectivity index (χ3n) is 2.59. The molecule has 0 aromatic carbocycles. The fraction of sp³-hybridized carbons (Fsp3) is 0.636. The van der Waals surface area contributed by atoms with Gasteiger partial charge in [-0.3, -0.25) is 4.68 Å². The highest BCUT2D eigenvalue weighted by Gasteiger charge is 2.30. The Kier molecular flexibility index (Phi) is 2.29. The normalized spacial score (nSPS) is 17.5. The van der Waals surface area contributed by atoms with Crippen LogP contribution in [0.5, 0.6) is 0 Å². The molecule has 0 bridgehead atoms. The number of aromatic nitrogens is 2. The summed E-state index contributed by atoms with van der Waals surface area (Å²) in [7, 11) is 0. The van der Waals surface area contributed by atoms with Crippen molar-refractivity contribution >= 4 is 5.97 Å². The van der Waals surface area contributed by atoms with Crippen molar-refractivity contribution in [1.29, 1.82) is 0 Å². The summed E-state index contributed by atoms with van der Waals surface area (Å²) in [5.41, 5.74) is 1.82. The zero-order valence-corrected chi connectivity index (χ0v) is 9.41. The number of rotatable bonds is 2. The largest absolute Gasteiger partial charge is 0.461 e. The van der Waals surface area contributed by atoms with Crippen LogP contribution in [0.15, 0.2) is 6.07 Å². The molecule has 0 unspecified atom stereocenters. The molecule has 4 nitrogen and oxygen atoms in total. The fourth-order valence-electron chi connectivity index (χ4n) is 1.99. The minimum atomic E-state index is -0.322. The first-order valence-corrected chi connectivity index (χ1v) is 5.26. The van der Waals surface area contributed by atoms with Gasteiger partial charge in [-0.1, -0.05) is 13.8 Å². The first kappa shape index (κ1) is 10.2. The van der Waals surface area contributed by atoms with Crippen LogP contribution in [-0.2, 0) is 17.7 Å². The summed E-state index contributed by atoms with van der Waals surface area (Å²) in [4.78, 5) is 11.4. The van der Waals surface area contributed by atoms with Gasteiger partial charge in [0, 0.05) is 12.2 Å². The van der Waals surface area contributed by atoms with E-state index in [9.17, 15) is 4.79 Å². The molecule has 0 spiro atoms. The smallest absolute Gasteiger partial charge is 0.358 e. The number of ether oxygens (including phenoxy) is 1. The molecule has 0 saturated carbocycles. The Hall–Kier alpha value is -1.32. The van der Waals surface area contributed by atoms with Gasteiger partial charge in [0.15, 0.2) is 5.69 Å². The molecule has 4 heteroatoms. The highest BCUT2D eigenvalue weighted by Crippen LogP contribution is 2.31. The molecule has 1 aliphatic rings. The summed E-state index contributed by atoms with van der Waals surface area (Å²) in [6, 6.07) is 1.84. The van der Waals surface area contributed by atoms with Crippen LogP contribution in [0.1, 0.15) is 37.0 Å². The fourth-order valence-corrected chi connectivity index (χ4v) is 1.99. The lowest BCUT2D eigenvalue weighted by Gasteiger charge is -2.14.